The van der Waals surface area contributed by atoms with Crippen LogP contribution < -0.4 is 5.32 Å². The van der Waals surface area contributed by atoms with E-state index in [2.05, 4.69) is 52.5 Å². The van der Waals surface area contributed by atoms with Crippen molar-refractivity contribution in [2.45, 2.75) is 38.0 Å². The second-order valence-electron chi connectivity index (χ2n) is 7.54. The summed E-state index contributed by atoms with van der Waals surface area (Å²) in [5.74, 6) is 0.944. The summed E-state index contributed by atoms with van der Waals surface area (Å²) in [4.78, 5) is 20.7. The number of hydrogen-bond donors (Lipinski definition) is 1. The second kappa shape index (κ2) is 9.78. The fraction of sp³-hybridized carbons (Fsp3) is 0.240. The minimum absolute atomic E-state index is 0.104. The Hall–Kier alpha value is -3.14. The lowest BCUT2D eigenvalue weighted by atomic mass is 10.1. The number of nitrogens with one attached hydrogen (secondary N) is 1. The molecule has 2 heterocycles. The molecule has 0 fully saturated rings. The SMILES string of the molecule is CCSc1ccc(CNC(=O)c2cnc3c(c2)CN(Cc2ccc(C#N)cc2)C3)cc1. The van der Waals surface area contributed by atoms with Gasteiger partial charge in [0.05, 0.1) is 22.9 Å². The van der Waals surface area contributed by atoms with Crippen molar-refractivity contribution in [3.05, 3.63) is 94.3 Å². The van der Waals surface area contributed by atoms with E-state index >= 15 is 0 Å². The highest BCUT2D eigenvalue weighted by molar-refractivity contribution is 7.99. The van der Waals surface area contributed by atoms with Crippen LogP contribution in [0.2, 0.25) is 0 Å². The number of pyridine rings is 1. The van der Waals surface area contributed by atoms with E-state index in [1.807, 2.05) is 30.3 Å². The van der Waals surface area contributed by atoms with Gasteiger partial charge in [-0.1, -0.05) is 31.2 Å². The van der Waals surface area contributed by atoms with Gasteiger partial charge in [-0.15, -0.1) is 11.8 Å². The third-order valence-corrected chi connectivity index (χ3v) is 6.16. The van der Waals surface area contributed by atoms with Crippen LogP contribution >= 0.6 is 11.8 Å². The van der Waals surface area contributed by atoms with Crippen LogP contribution in [-0.2, 0) is 26.2 Å². The Morgan fingerprint density at radius 3 is 2.58 bits per heavy atom. The molecule has 0 aliphatic carbocycles. The molecular weight excluding hydrogens is 404 g/mol. The predicted octanol–water partition coefficient (Wildman–Crippen LogP) is 4.51. The Morgan fingerprint density at radius 2 is 1.87 bits per heavy atom. The number of fused-ring (bicyclic) bond motifs is 1. The number of nitrogens with zero attached hydrogens (tertiary/aromatic N) is 3. The topological polar surface area (TPSA) is 69.0 Å². The van der Waals surface area contributed by atoms with Gasteiger partial charge in [-0.3, -0.25) is 14.7 Å². The van der Waals surface area contributed by atoms with Crippen LogP contribution in [0.5, 0.6) is 0 Å². The van der Waals surface area contributed by atoms with E-state index in [0.29, 0.717) is 17.7 Å². The van der Waals surface area contributed by atoms with E-state index < -0.39 is 0 Å². The zero-order valence-electron chi connectivity index (χ0n) is 17.5. The number of amides is 1. The quantitative estimate of drug-likeness (QED) is 0.561. The molecule has 3 aromatic rings. The van der Waals surface area contributed by atoms with Gasteiger partial charge in [-0.2, -0.15) is 5.26 Å². The lowest BCUT2D eigenvalue weighted by molar-refractivity contribution is 0.0950. The van der Waals surface area contributed by atoms with Gasteiger partial charge in [0.25, 0.3) is 5.91 Å². The van der Waals surface area contributed by atoms with Crippen molar-refractivity contribution in [2.75, 3.05) is 5.75 Å². The van der Waals surface area contributed by atoms with Crippen molar-refractivity contribution < 1.29 is 4.79 Å². The number of carbonyl (C=O) groups excluding carboxylic acids is 1. The first kappa shape index (κ1) is 21.1. The summed E-state index contributed by atoms with van der Waals surface area (Å²) in [6, 6.07) is 20.1. The molecule has 1 aromatic heterocycles. The van der Waals surface area contributed by atoms with Gasteiger partial charge in [-0.05, 0) is 52.8 Å². The Balaban J connectivity index is 1.34. The summed E-state index contributed by atoms with van der Waals surface area (Å²) in [5.41, 5.74) is 5.62. The molecule has 1 N–H and O–H groups in total. The third-order valence-electron chi connectivity index (χ3n) is 5.27. The maximum Gasteiger partial charge on any atom is 0.253 e. The van der Waals surface area contributed by atoms with E-state index in [-0.39, 0.29) is 5.91 Å². The Bertz CT molecular complexity index is 1100. The first-order valence-corrected chi connectivity index (χ1v) is 11.3. The largest absolute Gasteiger partial charge is 0.348 e. The molecule has 156 valence electrons. The first-order chi connectivity index (χ1) is 15.1. The van der Waals surface area contributed by atoms with Gasteiger partial charge in [0.15, 0.2) is 0 Å². The zero-order chi connectivity index (χ0) is 21.6. The van der Waals surface area contributed by atoms with Gasteiger partial charge < -0.3 is 5.32 Å². The summed E-state index contributed by atoms with van der Waals surface area (Å²) in [5, 5.41) is 11.9. The van der Waals surface area contributed by atoms with Gasteiger partial charge in [-0.25, -0.2) is 0 Å². The van der Waals surface area contributed by atoms with Crippen molar-refractivity contribution in [3.8, 4) is 6.07 Å². The monoisotopic (exact) mass is 428 g/mol. The molecule has 5 nitrogen and oxygen atoms in total. The highest BCUT2D eigenvalue weighted by atomic mass is 32.2. The average molecular weight is 429 g/mol. The summed E-state index contributed by atoms with van der Waals surface area (Å²) in [7, 11) is 0. The molecule has 2 aromatic carbocycles. The number of nitriles is 1. The summed E-state index contributed by atoms with van der Waals surface area (Å²) >= 11 is 1.81. The molecule has 0 saturated heterocycles. The molecule has 0 unspecified atom stereocenters. The number of benzene rings is 2. The third kappa shape index (κ3) is 5.32. The fourth-order valence-corrected chi connectivity index (χ4v) is 4.32. The van der Waals surface area contributed by atoms with Crippen LogP contribution in [0.3, 0.4) is 0 Å². The highest BCUT2D eigenvalue weighted by Crippen LogP contribution is 2.24. The minimum Gasteiger partial charge on any atom is -0.348 e. The van der Waals surface area contributed by atoms with Crippen LogP contribution in [-0.4, -0.2) is 21.5 Å². The average Bonchev–Trinajstić information content (AvgIpc) is 3.20. The van der Waals surface area contributed by atoms with Crippen molar-refractivity contribution in [1.82, 2.24) is 15.2 Å². The molecule has 0 spiro atoms. The maximum atomic E-state index is 12.6. The van der Waals surface area contributed by atoms with Gasteiger partial charge in [0.1, 0.15) is 0 Å². The molecular formula is C25H24N4OS. The fourth-order valence-electron chi connectivity index (χ4n) is 3.66. The van der Waals surface area contributed by atoms with Crippen molar-refractivity contribution in [3.63, 3.8) is 0 Å². The van der Waals surface area contributed by atoms with Crippen LogP contribution in [0.1, 0.15) is 45.2 Å². The van der Waals surface area contributed by atoms with Gasteiger partial charge >= 0.3 is 0 Å². The molecule has 0 atom stereocenters. The molecule has 31 heavy (non-hydrogen) atoms. The maximum absolute atomic E-state index is 12.6. The lowest BCUT2D eigenvalue weighted by Crippen LogP contribution is -2.23. The Morgan fingerprint density at radius 1 is 1.13 bits per heavy atom. The Labute approximate surface area is 187 Å². The molecule has 0 radical (unpaired) electrons. The zero-order valence-corrected chi connectivity index (χ0v) is 18.3. The standard InChI is InChI=1S/C25H24N4OS/c1-2-31-23-9-7-19(8-10-23)13-28-25(30)21-11-22-16-29(17-24(22)27-14-21)15-20-5-3-18(12-26)4-6-20/h3-11,14H,2,13,15-17H2,1H3,(H,28,30). The van der Waals surface area contributed by atoms with Crippen molar-refractivity contribution in [2.24, 2.45) is 0 Å². The number of carbonyl (C=O) groups is 1. The predicted molar refractivity (Wildman–Crippen MR) is 122 cm³/mol. The molecule has 4 rings (SSSR count). The van der Waals surface area contributed by atoms with E-state index in [1.165, 1.54) is 4.90 Å². The number of aromatic nitrogens is 1. The molecule has 1 aliphatic heterocycles. The number of rotatable bonds is 7. The van der Waals surface area contributed by atoms with Crippen LogP contribution in [0.15, 0.2) is 65.7 Å². The molecule has 1 aliphatic rings. The smallest absolute Gasteiger partial charge is 0.253 e. The molecule has 0 saturated carbocycles. The van der Waals surface area contributed by atoms with E-state index in [0.717, 1.165) is 47.8 Å². The lowest BCUT2D eigenvalue weighted by Gasteiger charge is -2.14. The summed E-state index contributed by atoms with van der Waals surface area (Å²) < 4.78 is 0. The second-order valence-corrected chi connectivity index (χ2v) is 8.88. The Kier molecular flexibility index (Phi) is 6.66. The van der Waals surface area contributed by atoms with Crippen molar-refractivity contribution in [1.29, 1.82) is 5.26 Å². The summed E-state index contributed by atoms with van der Waals surface area (Å²) in [6.07, 6.45) is 1.67. The van der Waals surface area contributed by atoms with E-state index in [4.69, 9.17) is 5.26 Å². The molecule has 0 bridgehead atoms. The molecule has 6 heteroatoms. The minimum atomic E-state index is -0.104. The van der Waals surface area contributed by atoms with E-state index in [1.54, 1.807) is 18.0 Å². The van der Waals surface area contributed by atoms with Gasteiger partial charge in [0.2, 0.25) is 0 Å². The number of thioether (sulfide) groups is 1. The van der Waals surface area contributed by atoms with Crippen molar-refractivity contribution >= 4 is 17.7 Å². The summed E-state index contributed by atoms with van der Waals surface area (Å²) in [6.45, 7) is 4.95. The van der Waals surface area contributed by atoms with Crippen LogP contribution in [0.25, 0.3) is 0 Å². The normalized spacial score (nSPS) is 12.9. The van der Waals surface area contributed by atoms with E-state index in [9.17, 15) is 4.79 Å². The van der Waals surface area contributed by atoms with Crippen LogP contribution in [0.4, 0.5) is 0 Å². The highest BCUT2D eigenvalue weighted by Gasteiger charge is 2.21. The van der Waals surface area contributed by atoms with Gasteiger partial charge in [0, 0.05) is 37.3 Å². The number of hydrogen-bond acceptors (Lipinski definition) is 5. The first-order valence-electron chi connectivity index (χ1n) is 10.3. The van der Waals surface area contributed by atoms with Crippen LogP contribution in [0, 0.1) is 11.3 Å². The molecule has 1 amide bonds.